The molecular weight excluding hydrogens is 516 g/mol. The lowest BCUT2D eigenvalue weighted by Crippen LogP contribution is -2.42. The molecule has 5 N–H and O–H groups in total. The Morgan fingerprint density at radius 1 is 0.842 bits per heavy atom. The van der Waals surface area contributed by atoms with E-state index in [-0.39, 0.29) is 5.91 Å². The van der Waals surface area contributed by atoms with Crippen molar-refractivity contribution in [1.29, 1.82) is 0 Å². The van der Waals surface area contributed by atoms with Crippen molar-refractivity contribution in [3.05, 3.63) is 82.6 Å². The number of hydrogen-bond donors (Lipinski definition) is 5. The summed E-state index contributed by atoms with van der Waals surface area (Å²) in [5.41, 5.74) is -0.733. The molecule has 202 valence electrons. The van der Waals surface area contributed by atoms with Crippen molar-refractivity contribution in [3.63, 3.8) is 0 Å². The molecule has 0 aliphatic heterocycles. The lowest BCUT2D eigenvalue weighted by Gasteiger charge is -2.21. The van der Waals surface area contributed by atoms with Crippen molar-refractivity contribution < 1.29 is 39.6 Å². The molecule has 38 heavy (non-hydrogen) atoms. The van der Waals surface area contributed by atoms with Crippen molar-refractivity contribution in [3.8, 4) is 0 Å². The summed E-state index contributed by atoms with van der Waals surface area (Å²) in [7, 11) is 0. The highest BCUT2D eigenvalue weighted by Gasteiger charge is 2.40. The fraction of sp³-hybridized carbons (Fsp3) is 0.280. The first-order valence-electron chi connectivity index (χ1n) is 11.3. The van der Waals surface area contributed by atoms with E-state index in [9.17, 15) is 19.2 Å². The molecule has 13 heteroatoms. The number of carbonyl (C=O) groups is 4. The van der Waals surface area contributed by atoms with Crippen molar-refractivity contribution in [2.45, 2.75) is 31.5 Å². The molecule has 0 aromatic carbocycles. The molecule has 0 aliphatic carbocycles. The molecule has 0 saturated heterocycles. The Bertz CT molecular complexity index is 1120. The minimum atomic E-state index is -2.74. The minimum absolute atomic E-state index is 0.0226. The number of aromatic nitrogens is 2. The van der Waals surface area contributed by atoms with Gasteiger partial charge in [-0.2, -0.15) is 0 Å². The molecule has 3 heterocycles. The number of carboxylic acid groups (broad SMARTS) is 3. The number of nitrogens with one attached hydrogen (secondary N) is 1. The third kappa shape index (κ3) is 10.8. The fourth-order valence-electron chi connectivity index (χ4n) is 3.19. The first-order valence-corrected chi connectivity index (χ1v) is 12.2. The highest BCUT2D eigenvalue weighted by atomic mass is 32.1. The van der Waals surface area contributed by atoms with Crippen LogP contribution in [0.4, 0.5) is 0 Å². The maximum absolute atomic E-state index is 12.1. The Morgan fingerprint density at radius 2 is 1.39 bits per heavy atom. The zero-order chi connectivity index (χ0) is 28.0. The number of carbonyl (C=O) groups excluding carboxylic acids is 1. The molecule has 0 atom stereocenters. The highest BCUT2D eigenvalue weighted by molar-refractivity contribution is 7.12. The maximum Gasteiger partial charge on any atom is 0.336 e. The van der Waals surface area contributed by atoms with Crippen LogP contribution in [0.5, 0.6) is 0 Å². The summed E-state index contributed by atoms with van der Waals surface area (Å²) in [6.07, 6.45) is 1.31. The number of hydrogen-bond acceptors (Lipinski definition) is 9. The van der Waals surface area contributed by atoms with Gasteiger partial charge >= 0.3 is 17.9 Å². The van der Waals surface area contributed by atoms with E-state index >= 15 is 0 Å². The van der Waals surface area contributed by atoms with Crippen molar-refractivity contribution in [2.24, 2.45) is 0 Å². The number of rotatable bonds is 13. The highest BCUT2D eigenvalue weighted by Crippen LogP contribution is 2.15. The van der Waals surface area contributed by atoms with Gasteiger partial charge in [-0.05, 0) is 35.7 Å². The topological polar surface area (TPSA) is 190 Å². The SMILES string of the molecule is O=C(NCCN(Cc1ccccn1)Cc1ccccn1)c1cccs1.O=C(O)CC(O)(CC(=O)O)C(=O)O. The lowest BCUT2D eigenvalue weighted by atomic mass is 9.96. The number of aliphatic hydroxyl groups is 1. The monoisotopic (exact) mass is 544 g/mol. The summed E-state index contributed by atoms with van der Waals surface area (Å²) >= 11 is 1.45. The van der Waals surface area contributed by atoms with E-state index in [2.05, 4.69) is 20.2 Å². The molecule has 0 unspecified atom stereocenters. The summed E-state index contributed by atoms with van der Waals surface area (Å²) in [4.78, 5) is 54.3. The van der Waals surface area contributed by atoms with Gasteiger partial charge in [0.05, 0.1) is 29.1 Å². The van der Waals surface area contributed by atoms with E-state index in [1.54, 1.807) is 12.4 Å². The normalized spacial score (nSPS) is 10.8. The van der Waals surface area contributed by atoms with Crippen molar-refractivity contribution in [2.75, 3.05) is 13.1 Å². The van der Waals surface area contributed by atoms with Gasteiger partial charge < -0.3 is 25.7 Å². The summed E-state index contributed by atoms with van der Waals surface area (Å²) in [5, 5.41) is 38.7. The van der Waals surface area contributed by atoms with Gasteiger partial charge in [-0.3, -0.25) is 29.3 Å². The van der Waals surface area contributed by atoms with Gasteiger partial charge in [0.25, 0.3) is 5.91 Å². The average molecular weight is 545 g/mol. The van der Waals surface area contributed by atoms with Crippen LogP contribution in [0, 0.1) is 0 Å². The Kier molecular flexibility index (Phi) is 12.0. The van der Waals surface area contributed by atoms with Crippen LogP contribution in [0.25, 0.3) is 0 Å². The van der Waals surface area contributed by atoms with E-state index in [1.165, 1.54) is 11.3 Å². The minimum Gasteiger partial charge on any atom is -0.481 e. The number of nitrogens with zero attached hydrogens (tertiary/aromatic N) is 3. The van der Waals surface area contributed by atoms with E-state index in [0.29, 0.717) is 19.6 Å². The van der Waals surface area contributed by atoms with Crippen LogP contribution >= 0.6 is 11.3 Å². The first-order chi connectivity index (χ1) is 18.1. The van der Waals surface area contributed by atoms with Crippen LogP contribution in [0.3, 0.4) is 0 Å². The molecule has 0 fully saturated rings. The van der Waals surface area contributed by atoms with Crippen LogP contribution in [-0.2, 0) is 27.5 Å². The van der Waals surface area contributed by atoms with Gasteiger partial charge in [0.15, 0.2) is 5.60 Å². The van der Waals surface area contributed by atoms with E-state index < -0.39 is 36.4 Å². The predicted octanol–water partition coefficient (Wildman–Crippen LogP) is 1.72. The fourth-order valence-corrected chi connectivity index (χ4v) is 3.83. The Hall–Kier alpha value is -4.20. The lowest BCUT2D eigenvalue weighted by molar-refractivity contribution is -0.170. The van der Waals surface area contributed by atoms with Crippen LogP contribution in [0.15, 0.2) is 66.3 Å². The molecule has 0 spiro atoms. The average Bonchev–Trinajstić information content (AvgIpc) is 3.40. The Labute approximate surface area is 222 Å². The Balaban J connectivity index is 0.000000332. The molecule has 12 nitrogen and oxygen atoms in total. The number of pyridine rings is 2. The summed E-state index contributed by atoms with van der Waals surface area (Å²) in [6.45, 7) is 2.74. The third-order valence-electron chi connectivity index (χ3n) is 4.97. The maximum atomic E-state index is 12.1. The largest absolute Gasteiger partial charge is 0.481 e. The van der Waals surface area contributed by atoms with Crippen LogP contribution in [-0.4, -0.2) is 77.8 Å². The number of amides is 1. The van der Waals surface area contributed by atoms with Crippen molar-refractivity contribution in [1.82, 2.24) is 20.2 Å². The number of aliphatic carboxylic acids is 3. The van der Waals surface area contributed by atoms with Gasteiger partial charge in [-0.25, -0.2) is 4.79 Å². The second-order valence-electron chi connectivity index (χ2n) is 8.06. The number of thiophene rings is 1. The van der Waals surface area contributed by atoms with Crippen LogP contribution in [0.1, 0.15) is 33.9 Å². The van der Waals surface area contributed by atoms with Gasteiger partial charge in [-0.15, -0.1) is 11.3 Å². The second-order valence-corrected chi connectivity index (χ2v) is 9.01. The quantitative estimate of drug-likeness (QED) is 0.211. The molecule has 3 aromatic heterocycles. The van der Waals surface area contributed by atoms with E-state index in [0.717, 1.165) is 22.8 Å². The molecule has 0 bridgehead atoms. The van der Waals surface area contributed by atoms with Gasteiger partial charge in [0, 0.05) is 38.6 Å². The van der Waals surface area contributed by atoms with E-state index in [1.807, 2.05) is 53.9 Å². The second kappa shape index (κ2) is 15.1. The predicted molar refractivity (Wildman–Crippen MR) is 136 cm³/mol. The van der Waals surface area contributed by atoms with Crippen LogP contribution < -0.4 is 5.32 Å². The van der Waals surface area contributed by atoms with E-state index in [4.69, 9.17) is 20.4 Å². The van der Waals surface area contributed by atoms with Crippen molar-refractivity contribution >= 4 is 35.2 Å². The molecule has 3 aromatic rings. The van der Waals surface area contributed by atoms with Crippen LogP contribution in [0.2, 0.25) is 0 Å². The van der Waals surface area contributed by atoms with Gasteiger partial charge in [-0.1, -0.05) is 18.2 Å². The molecule has 0 saturated carbocycles. The summed E-state index contributed by atoms with van der Waals surface area (Å²) in [6, 6.07) is 15.5. The summed E-state index contributed by atoms with van der Waals surface area (Å²) < 4.78 is 0. The zero-order valence-electron chi connectivity index (χ0n) is 20.3. The number of carboxylic acids is 3. The molecule has 3 rings (SSSR count). The third-order valence-corrected chi connectivity index (χ3v) is 5.84. The zero-order valence-corrected chi connectivity index (χ0v) is 21.1. The summed E-state index contributed by atoms with van der Waals surface area (Å²) in [5.74, 6) is -5.04. The molecular formula is C25H28N4O8S. The molecule has 0 radical (unpaired) electrons. The smallest absolute Gasteiger partial charge is 0.336 e. The first kappa shape index (κ1) is 30.0. The van der Waals surface area contributed by atoms with Gasteiger partial charge in [0.2, 0.25) is 0 Å². The van der Waals surface area contributed by atoms with Gasteiger partial charge in [0.1, 0.15) is 0 Å². The standard InChI is InChI=1S/C19H20N4OS.C6H8O7/c24-19(18-8-5-13-25-18)22-11-12-23(14-16-6-1-3-9-20-16)15-17-7-2-4-10-21-17;7-3(8)1-6(13,5(11)12)2-4(9)10/h1-10,13H,11-12,14-15H2,(H,22,24);13H,1-2H2,(H,7,8)(H,9,10)(H,11,12). The molecule has 0 aliphatic rings. The molecule has 1 amide bonds. The Morgan fingerprint density at radius 3 is 1.79 bits per heavy atom.